The summed E-state index contributed by atoms with van der Waals surface area (Å²) in [5.74, 6) is 3.03. The Morgan fingerprint density at radius 1 is 0.833 bits per heavy atom. The number of hydrogen-bond acceptors (Lipinski definition) is 0. The Kier molecular flexibility index (Phi) is 7.01. The lowest BCUT2D eigenvalue weighted by atomic mass is 9.76. The first kappa shape index (κ1) is 18.2. The molecular weight excluding hydrogens is 356 g/mol. The Balaban J connectivity index is 1.40. The van der Waals surface area contributed by atoms with E-state index < -0.39 is 0 Å². The first-order valence-electron chi connectivity index (χ1n) is 10.2. The molecule has 3 rings (SSSR count). The molecular formula is C23H33Br. The van der Waals surface area contributed by atoms with Crippen molar-refractivity contribution in [2.24, 2.45) is 17.8 Å². The molecule has 1 heteroatoms. The monoisotopic (exact) mass is 388 g/mol. The maximum Gasteiger partial charge on any atom is 0.0175 e. The van der Waals surface area contributed by atoms with E-state index >= 15 is 0 Å². The summed E-state index contributed by atoms with van der Waals surface area (Å²) in [6.07, 6.45) is 18.3. The lowest BCUT2D eigenvalue weighted by molar-refractivity contribution is 0.237. The fourth-order valence-electron chi connectivity index (χ4n) is 4.77. The van der Waals surface area contributed by atoms with Crippen molar-refractivity contribution in [3.05, 3.63) is 40.4 Å². The lowest BCUT2D eigenvalue weighted by Gasteiger charge is -2.30. The molecule has 1 fully saturated rings. The summed E-state index contributed by atoms with van der Waals surface area (Å²) < 4.78 is 1.18. The van der Waals surface area contributed by atoms with Gasteiger partial charge in [-0.05, 0) is 66.7 Å². The molecule has 0 heterocycles. The van der Waals surface area contributed by atoms with Crippen LogP contribution >= 0.6 is 15.9 Å². The van der Waals surface area contributed by atoms with Crippen molar-refractivity contribution in [3.63, 3.8) is 0 Å². The second-order valence-corrected chi connectivity index (χ2v) is 9.05. The molecule has 24 heavy (non-hydrogen) atoms. The third-order valence-electron chi connectivity index (χ3n) is 6.38. The summed E-state index contributed by atoms with van der Waals surface area (Å²) in [6.45, 7) is 2.34. The smallest absolute Gasteiger partial charge is 0.0175 e. The molecule has 1 unspecified atom stereocenters. The van der Waals surface area contributed by atoms with Crippen LogP contribution in [0.4, 0.5) is 0 Å². The molecule has 1 aromatic carbocycles. The molecule has 0 saturated heterocycles. The van der Waals surface area contributed by atoms with Crippen LogP contribution in [0, 0.1) is 17.8 Å². The molecule has 132 valence electrons. The van der Waals surface area contributed by atoms with Crippen LogP contribution in [-0.2, 0) is 0 Å². The highest BCUT2D eigenvalue weighted by atomic mass is 79.9. The number of allylic oxidation sites excluding steroid dienone is 2. The van der Waals surface area contributed by atoms with E-state index in [1.807, 2.05) is 0 Å². The zero-order chi connectivity index (χ0) is 16.8. The van der Waals surface area contributed by atoms with Crippen molar-refractivity contribution in [2.75, 3.05) is 0 Å². The van der Waals surface area contributed by atoms with Gasteiger partial charge < -0.3 is 0 Å². The Morgan fingerprint density at radius 2 is 1.46 bits per heavy atom. The van der Waals surface area contributed by atoms with Gasteiger partial charge >= 0.3 is 0 Å². The van der Waals surface area contributed by atoms with Crippen molar-refractivity contribution < 1.29 is 0 Å². The number of halogens is 1. The summed E-state index contributed by atoms with van der Waals surface area (Å²) in [5.41, 5.74) is 2.99. The molecule has 2 aliphatic rings. The average Bonchev–Trinajstić information content (AvgIpc) is 2.63. The summed E-state index contributed by atoms with van der Waals surface area (Å²) in [6, 6.07) is 8.84. The second-order valence-electron chi connectivity index (χ2n) is 8.13. The van der Waals surface area contributed by atoms with E-state index in [0.29, 0.717) is 0 Å². The van der Waals surface area contributed by atoms with Crippen LogP contribution in [0.2, 0.25) is 0 Å². The highest BCUT2D eigenvalue weighted by Gasteiger charge is 2.22. The molecule has 2 aliphatic carbocycles. The molecule has 1 atom stereocenters. The van der Waals surface area contributed by atoms with Gasteiger partial charge in [0, 0.05) is 4.47 Å². The topological polar surface area (TPSA) is 0 Å². The zero-order valence-electron chi connectivity index (χ0n) is 15.3. The summed E-state index contributed by atoms with van der Waals surface area (Å²) >= 11 is 3.53. The standard InChI is InChI=1S/C23H33Br/c1-2-3-18-4-6-19(7-5-18)8-9-20-10-12-21(13-11-20)22-14-16-23(24)17-15-22/h12,14-20H,2-11,13H2,1H3. The molecule has 0 nitrogen and oxygen atoms in total. The molecule has 0 bridgehead atoms. The number of benzene rings is 1. The minimum Gasteiger partial charge on any atom is -0.0804 e. The highest BCUT2D eigenvalue weighted by molar-refractivity contribution is 9.10. The quantitative estimate of drug-likeness (QED) is 0.462. The first-order chi connectivity index (χ1) is 11.7. The third-order valence-corrected chi connectivity index (χ3v) is 6.91. The molecule has 0 aliphatic heterocycles. The summed E-state index contributed by atoms with van der Waals surface area (Å²) in [4.78, 5) is 0. The van der Waals surface area contributed by atoms with E-state index in [2.05, 4.69) is 53.2 Å². The lowest BCUT2D eigenvalue weighted by Crippen LogP contribution is -2.16. The van der Waals surface area contributed by atoms with Gasteiger partial charge in [0.15, 0.2) is 0 Å². The Hall–Kier alpha value is -0.560. The van der Waals surface area contributed by atoms with E-state index in [0.717, 1.165) is 17.8 Å². The normalized spacial score (nSPS) is 27.8. The minimum absolute atomic E-state index is 0.942. The predicted octanol–water partition coefficient (Wildman–Crippen LogP) is 8.02. The highest BCUT2D eigenvalue weighted by Crippen LogP contribution is 2.37. The number of hydrogen-bond donors (Lipinski definition) is 0. The Bertz CT molecular complexity index is 519. The number of rotatable bonds is 6. The van der Waals surface area contributed by atoms with Crippen LogP contribution in [0.25, 0.3) is 5.57 Å². The predicted molar refractivity (Wildman–Crippen MR) is 109 cm³/mol. The van der Waals surface area contributed by atoms with Crippen molar-refractivity contribution in [2.45, 2.75) is 77.6 Å². The molecule has 0 aromatic heterocycles. The average molecular weight is 389 g/mol. The Morgan fingerprint density at radius 3 is 2.04 bits per heavy atom. The molecule has 1 aromatic rings. The van der Waals surface area contributed by atoms with Gasteiger partial charge in [0.1, 0.15) is 0 Å². The molecule has 1 saturated carbocycles. The van der Waals surface area contributed by atoms with Gasteiger partial charge in [-0.25, -0.2) is 0 Å². The third kappa shape index (κ3) is 5.22. The molecule has 0 N–H and O–H groups in total. The van der Waals surface area contributed by atoms with E-state index in [1.165, 1.54) is 80.7 Å². The summed E-state index contributed by atoms with van der Waals surface area (Å²) in [5, 5.41) is 0. The maximum atomic E-state index is 3.53. The fraction of sp³-hybridized carbons (Fsp3) is 0.652. The van der Waals surface area contributed by atoms with Crippen LogP contribution in [-0.4, -0.2) is 0 Å². The maximum absolute atomic E-state index is 3.53. The van der Waals surface area contributed by atoms with Crippen molar-refractivity contribution >= 4 is 21.5 Å². The van der Waals surface area contributed by atoms with E-state index in [1.54, 1.807) is 5.57 Å². The van der Waals surface area contributed by atoms with Crippen LogP contribution in [0.15, 0.2) is 34.8 Å². The molecule has 0 spiro atoms. The summed E-state index contributed by atoms with van der Waals surface area (Å²) in [7, 11) is 0. The first-order valence-corrected chi connectivity index (χ1v) is 11.0. The van der Waals surface area contributed by atoms with Crippen LogP contribution in [0.1, 0.15) is 83.1 Å². The van der Waals surface area contributed by atoms with Gasteiger partial charge in [-0.15, -0.1) is 0 Å². The van der Waals surface area contributed by atoms with Gasteiger partial charge in [-0.3, -0.25) is 0 Å². The molecule has 0 radical (unpaired) electrons. The largest absolute Gasteiger partial charge is 0.0804 e. The SMILES string of the molecule is CCCC1CCC(CCC2CC=C(c3ccc(Br)cc3)CC2)CC1. The van der Waals surface area contributed by atoms with Gasteiger partial charge in [0.05, 0.1) is 0 Å². The fourth-order valence-corrected chi connectivity index (χ4v) is 5.03. The second kappa shape index (κ2) is 9.22. The van der Waals surface area contributed by atoms with Crippen LogP contribution < -0.4 is 0 Å². The van der Waals surface area contributed by atoms with Crippen LogP contribution in [0.3, 0.4) is 0 Å². The van der Waals surface area contributed by atoms with Gasteiger partial charge in [-0.1, -0.05) is 86.0 Å². The van der Waals surface area contributed by atoms with E-state index in [4.69, 9.17) is 0 Å². The van der Waals surface area contributed by atoms with E-state index in [-0.39, 0.29) is 0 Å². The van der Waals surface area contributed by atoms with Crippen molar-refractivity contribution in [1.82, 2.24) is 0 Å². The van der Waals surface area contributed by atoms with Gasteiger partial charge in [0.25, 0.3) is 0 Å². The zero-order valence-corrected chi connectivity index (χ0v) is 16.9. The van der Waals surface area contributed by atoms with E-state index in [9.17, 15) is 0 Å². The van der Waals surface area contributed by atoms with Crippen molar-refractivity contribution in [3.8, 4) is 0 Å². The van der Waals surface area contributed by atoms with Crippen molar-refractivity contribution in [1.29, 1.82) is 0 Å². The van der Waals surface area contributed by atoms with Gasteiger partial charge in [-0.2, -0.15) is 0 Å². The minimum atomic E-state index is 0.942. The van der Waals surface area contributed by atoms with Crippen LogP contribution in [0.5, 0.6) is 0 Å². The van der Waals surface area contributed by atoms with Gasteiger partial charge in [0.2, 0.25) is 0 Å². The Labute approximate surface area is 157 Å². The molecule has 0 amide bonds.